The van der Waals surface area contributed by atoms with Gasteiger partial charge in [0.05, 0.1) is 52.4 Å². The van der Waals surface area contributed by atoms with Crippen molar-refractivity contribution in [3.63, 3.8) is 0 Å². The number of amides is 4. The standard InChI is InChI=1S/C38H41Cl2N9O5/c1-21(50)48-15-12-23(19-48)38(53)49-16-13-30-29(20-49)44-35(47(30)2)36(52)45-28-6-4-5-26(32(28)39)34-33(40)25(11-14-42-34)27-9-7-22(37(46-27)54-3)17-41-18-24-8-10-31(51)43-24/h4-7,9,11,14,23-24,41H,8,10,12-13,15-20H2,1-3H3,(H,43,51)(H,45,52)/t23-,24-/m1/s1. The molecule has 6 heterocycles. The predicted molar refractivity (Wildman–Crippen MR) is 203 cm³/mol. The molecule has 4 aromatic rings. The summed E-state index contributed by atoms with van der Waals surface area (Å²) in [6.07, 6.45) is 4.18. The number of nitrogens with one attached hydrogen (secondary N) is 3. The Labute approximate surface area is 322 Å². The highest BCUT2D eigenvalue weighted by atomic mass is 35.5. The number of anilines is 1. The summed E-state index contributed by atoms with van der Waals surface area (Å²) in [4.78, 5) is 67.7. The quantitative estimate of drug-likeness (QED) is 0.214. The van der Waals surface area contributed by atoms with E-state index in [1.165, 1.54) is 6.92 Å². The number of rotatable bonds is 10. The second-order valence-corrected chi connectivity index (χ2v) is 14.5. The molecular formula is C38H41Cl2N9O5. The number of ether oxygens (including phenoxy) is 1. The van der Waals surface area contributed by atoms with Crippen LogP contribution in [0.3, 0.4) is 0 Å². The van der Waals surface area contributed by atoms with Crippen LogP contribution in [0.5, 0.6) is 5.88 Å². The van der Waals surface area contributed by atoms with Gasteiger partial charge in [-0.1, -0.05) is 41.4 Å². The molecule has 1 aromatic carbocycles. The van der Waals surface area contributed by atoms with E-state index in [1.54, 1.807) is 59.0 Å². The summed E-state index contributed by atoms with van der Waals surface area (Å²) in [6.45, 7) is 4.49. The molecule has 3 aliphatic heterocycles. The minimum atomic E-state index is -0.455. The third-order valence-electron chi connectivity index (χ3n) is 10.3. The number of nitrogens with zero attached hydrogens (tertiary/aromatic N) is 6. The fourth-order valence-electron chi connectivity index (χ4n) is 7.39. The maximum atomic E-state index is 13.7. The molecule has 4 amide bonds. The molecule has 3 aliphatic rings. The first kappa shape index (κ1) is 37.3. The largest absolute Gasteiger partial charge is 0.481 e. The first-order valence-electron chi connectivity index (χ1n) is 17.9. The number of fused-ring (bicyclic) bond motifs is 1. The van der Waals surface area contributed by atoms with Crippen molar-refractivity contribution >= 4 is 52.5 Å². The number of pyridine rings is 2. The first-order chi connectivity index (χ1) is 26.0. The Bertz CT molecular complexity index is 2140. The first-order valence-corrected chi connectivity index (χ1v) is 18.7. The summed E-state index contributed by atoms with van der Waals surface area (Å²) in [5.41, 5.74) is 4.88. The average Bonchev–Trinajstić information content (AvgIpc) is 3.91. The van der Waals surface area contributed by atoms with Crippen molar-refractivity contribution in [3.05, 3.63) is 75.4 Å². The number of hydrogen-bond acceptors (Lipinski definition) is 9. The van der Waals surface area contributed by atoms with Crippen molar-refractivity contribution in [2.75, 3.05) is 38.6 Å². The fraction of sp³-hybridized carbons (Fsp3) is 0.395. The molecule has 0 saturated carbocycles. The van der Waals surface area contributed by atoms with Crippen molar-refractivity contribution < 1.29 is 23.9 Å². The molecule has 3 aromatic heterocycles. The van der Waals surface area contributed by atoms with E-state index >= 15 is 0 Å². The molecule has 0 bridgehead atoms. The molecule has 3 N–H and O–H groups in total. The Hall–Kier alpha value is -5.05. The van der Waals surface area contributed by atoms with Crippen molar-refractivity contribution in [3.8, 4) is 28.4 Å². The molecule has 14 nitrogen and oxygen atoms in total. The SMILES string of the molecule is COc1nc(-c2ccnc(-c3cccc(NC(=O)c4nc5c(n4C)CCN(C(=O)[C@@H]4CCN(C(C)=O)C4)C5)c3Cl)c2Cl)ccc1CNC[C@H]1CCC(=O)N1. The van der Waals surface area contributed by atoms with E-state index in [4.69, 9.17) is 32.9 Å². The summed E-state index contributed by atoms with van der Waals surface area (Å²) < 4.78 is 7.38. The van der Waals surface area contributed by atoms with E-state index in [0.717, 1.165) is 17.7 Å². The summed E-state index contributed by atoms with van der Waals surface area (Å²) in [7, 11) is 3.35. The van der Waals surface area contributed by atoms with Crippen LogP contribution < -0.4 is 20.7 Å². The molecule has 16 heteroatoms. The van der Waals surface area contributed by atoms with Crippen LogP contribution in [0, 0.1) is 5.92 Å². The van der Waals surface area contributed by atoms with Crippen LogP contribution >= 0.6 is 23.2 Å². The van der Waals surface area contributed by atoms with Gasteiger partial charge in [-0.25, -0.2) is 9.97 Å². The summed E-state index contributed by atoms with van der Waals surface area (Å²) in [5, 5.41) is 9.79. The van der Waals surface area contributed by atoms with E-state index < -0.39 is 5.91 Å². The molecule has 2 atom stereocenters. The third-order valence-corrected chi connectivity index (χ3v) is 11.1. The van der Waals surface area contributed by atoms with Gasteiger partial charge < -0.3 is 35.1 Å². The fourth-order valence-corrected chi connectivity index (χ4v) is 7.96. The zero-order chi connectivity index (χ0) is 38.1. The van der Waals surface area contributed by atoms with Gasteiger partial charge in [0.15, 0.2) is 5.82 Å². The smallest absolute Gasteiger partial charge is 0.291 e. The lowest BCUT2D eigenvalue weighted by atomic mass is 10.0. The second-order valence-electron chi connectivity index (χ2n) is 13.8. The highest BCUT2D eigenvalue weighted by Gasteiger charge is 2.35. The van der Waals surface area contributed by atoms with Crippen LogP contribution in [0.15, 0.2) is 42.6 Å². The predicted octanol–water partition coefficient (Wildman–Crippen LogP) is 4.23. The van der Waals surface area contributed by atoms with Gasteiger partial charge in [0.2, 0.25) is 23.6 Å². The maximum absolute atomic E-state index is 13.7. The minimum Gasteiger partial charge on any atom is -0.481 e. The normalized spacial score (nSPS) is 18.1. The van der Waals surface area contributed by atoms with Gasteiger partial charge in [0.25, 0.3) is 5.91 Å². The Balaban J connectivity index is 1.05. The molecule has 0 radical (unpaired) electrons. The highest BCUT2D eigenvalue weighted by Crippen LogP contribution is 2.40. The van der Waals surface area contributed by atoms with Gasteiger partial charge in [0, 0.05) is 94.2 Å². The zero-order valence-electron chi connectivity index (χ0n) is 30.2. The van der Waals surface area contributed by atoms with Crippen molar-refractivity contribution in [2.45, 2.75) is 51.7 Å². The summed E-state index contributed by atoms with van der Waals surface area (Å²) >= 11 is 13.9. The van der Waals surface area contributed by atoms with Crippen molar-refractivity contribution in [1.29, 1.82) is 0 Å². The van der Waals surface area contributed by atoms with Crippen molar-refractivity contribution in [1.82, 2.24) is 40.0 Å². The Kier molecular flexibility index (Phi) is 10.9. The lowest BCUT2D eigenvalue weighted by Gasteiger charge is -2.29. The number of benzene rings is 1. The summed E-state index contributed by atoms with van der Waals surface area (Å²) in [5.74, 6) is 0.0127. The number of carbonyl (C=O) groups excluding carboxylic acids is 4. The van der Waals surface area contributed by atoms with Gasteiger partial charge in [-0.2, -0.15) is 0 Å². The molecule has 7 rings (SSSR count). The van der Waals surface area contributed by atoms with Crippen LogP contribution in [0.2, 0.25) is 10.0 Å². The minimum absolute atomic E-state index is 0.00780. The number of likely N-dealkylation sites (tertiary alicyclic amines) is 1. The van der Waals surface area contributed by atoms with Gasteiger partial charge in [-0.05, 0) is 31.0 Å². The highest BCUT2D eigenvalue weighted by molar-refractivity contribution is 6.39. The Morgan fingerprint density at radius 3 is 2.57 bits per heavy atom. The number of carbonyl (C=O) groups is 4. The summed E-state index contributed by atoms with van der Waals surface area (Å²) in [6, 6.07) is 10.9. The van der Waals surface area contributed by atoms with E-state index in [1.807, 2.05) is 12.1 Å². The van der Waals surface area contributed by atoms with E-state index in [0.29, 0.717) is 103 Å². The second kappa shape index (κ2) is 15.7. The van der Waals surface area contributed by atoms with Gasteiger partial charge in [-0.15, -0.1) is 0 Å². The van der Waals surface area contributed by atoms with Gasteiger partial charge >= 0.3 is 0 Å². The number of halogens is 2. The zero-order valence-corrected chi connectivity index (χ0v) is 31.8. The Morgan fingerprint density at radius 1 is 1.00 bits per heavy atom. The molecule has 2 fully saturated rings. The number of methoxy groups -OCH3 is 1. The molecule has 2 saturated heterocycles. The molecule has 0 unspecified atom stereocenters. The van der Waals surface area contributed by atoms with Crippen LogP contribution in [0.25, 0.3) is 22.5 Å². The molecule has 54 heavy (non-hydrogen) atoms. The lowest BCUT2D eigenvalue weighted by molar-refractivity contribution is -0.136. The number of hydrogen-bond donors (Lipinski definition) is 3. The molecular weight excluding hydrogens is 733 g/mol. The van der Waals surface area contributed by atoms with Gasteiger partial charge in [-0.3, -0.25) is 24.2 Å². The molecule has 0 aliphatic carbocycles. The van der Waals surface area contributed by atoms with Gasteiger partial charge in [0.1, 0.15) is 0 Å². The van der Waals surface area contributed by atoms with E-state index in [-0.39, 0.29) is 40.5 Å². The average molecular weight is 775 g/mol. The van der Waals surface area contributed by atoms with Crippen molar-refractivity contribution in [2.24, 2.45) is 13.0 Å². The molecule has 282 valence electrons. The van der Waals surface area contributed by atoms with Crippen LogP contribution in [-0.4, -0.2) is 92.3 Å². The molecule has 0 spiro atoms. The van der Waals surface area contributed by atoms with Crippen LogP contribution in [-0.2, 0) is 40.9 Å². The number of aromatic nitrogens is 4. The monoisotopic (exact) mass is 773 g/mol. The topological polar surface area (TPSA) is 164 Å². The third kappa shape index (κ3) is 7.50. The Morgan fingerprint density at radius 2 is 1.83 bits per heavy atom. The van der Waals surface area contributed by atoms with Crippen LogP contribution in [0.1, 0.15) is 53.8 Å². The van der Waals surface area contributed by atoms with E-state index in [2.05, 4.69) is 25.9 Å². The maximum Gasteiger partial charge on any atom is 0.291 e. The van der Waals surface area contributed by atoms with E-state index in [9.17, 15) is 19.2 Å². The van der Waals surface area contributed by atoms with Crippen LogP contribution in [0.4, 0.5) is 5.69 Å². The lowest BCUT2D eigenvalue weighted by Crippen LogP contribution is -2.41. The number of imidazole rings is 1.